The lowest BCUT2D eigenvalue weighted by Crippen LogP contribution is -2.13. The molecule has 0 aliphatic rings. The van der Waals surface area contributed by atoms with Gasteiger partial charge in [0.05, 0.1) is 13.5 Å². The molecule has 4 nitrogen and oxygen atoms in total. The highest BCUT2D eigenvalue weighted by Gasteiger charge is 2.07. The van der Waals surface area contributed by atoms with Crippen LogP contribution in [0.2, 0.25) is 0 Å². The van der Waals surface area contributed by atoms with Gasteiger partial charge in [-0.25, -0.2) is 0 Å². The van der Waals surface area contributed by atoms with Crippen LogP contribution >= 0.6 is 0 Å². The van der Waals surface area contributed by atoms with E-state index in [-0.39, 0.29) is 18.8 Å². The van der Waals surface area contributed by atoms with Gasteiger partial charge in [0.25, 0.3) is 0 Å². The predicted octanol–water partition coefficient (Wildman–Crippen LogP) is 2.52. The first-order valence-electron chi connectivity index (χ1n) is 6.30. The Kier molecular flexibility index (Phi) is 4.35. The van der Waals surface area contributed by atoms with Gasteiger partial charge in [-0.05, 0) is 35.4 Å². The minimum Gasteiger partial charge on any atom is -0.497 e. The number of carbonyl (C=O) groups is 2. The van der Waals surface area contributed by atoms with E-state index < -0.39 is 5.97 Å². The Morgan fingerprint density at radius 2 is 1.75 bits per heavy atom. The van der Waals surface area contributed by atoms with Gasteiger partial charge in [0.2, 0.25) is 0 Å². The van der Waals surface area contributed by atoms with Crippen molar-refractivity contribution in [3.8, 4) is 5.75 Å². The molecule has 0 saturated heterocycles. The molecule has 0 aliphatic carbocycles. The molecule has 20 heavy (non-hydrogen) atoms. The van der Waals surface area contributed by atoms with E-state index >= 15 is 0 Å². The standard InChI is InChI=1S/C16H16O4/c1-11(17)10-20-16(18)8-12-3-4-14-9-15(19-2)6-5-13(14)7-12/h3-7,9H,8,10H2,1-2H3. The van der Waals surface area contributed by atoms with Crippen molar-refractivity contribution >= 4 is 22.5 Å². The van der Waals surface area contributed by atoms with Crippen LogP contribution in [0.3, 0.4) is 0 Å². The van der Waals surface area contributed by atoms with Crippen molar-refractivity contribution in [1.82, 2.24) is 0 Å². The van der Waals surface area contributed by atoms with Crippen LogP contribution in [-0.2, 0) is 20.7 Å². The lowest BCUT2D eigenvalue weighted by atomic mass is 10.0. The number of Topliss-reactive ketones (excluding diaryl/α,β-unsaturated/α-hetero) is 1. The Hall–Kier alpha value is -2.36. The van der Waals surface area contributed by atoms with Crippen molar-refractivity contribution in [1.29, 1.82) is 0 Å². The van der Waals surface area contributed by atoms with Crippen molar-refractivity contribution in [3.05, 3.63) is 42.0 Å². The molecule has 0 bridgehead atoms. The summed E-state index contributed by atoms with van der Waals surface area (Å²) in [6.45, 7) is 1.22. The van der Waals surface area contributed by atoms with Crippen molar-refractivity contribution in [2.24, 2.45) is 0 Å². The number of ketones is 1. The maximum absolute atomic E-state index is 11.6. The summed E-state index contributed by atoms with van der Waals surface area (Å²) in [4.78, 5) is 22.3. The number of benzene rings is 2. The zero-order valence-electron chi connectivity index (χ0n) is 11.5. The van der Waals surface area contributed by atoms with E-state index in [1.165, 1.54) is 6.92 Å². The van der Waals surface area contributed by atoms with Crippen LogP contribution in [0.1, 0.15) is 12.5 Å². The van der Waals surface area contributed by atoms with E-state index in [2.05, 4.69) is 0 Å². The Balaban J connectivity index is 2.11. The summed E-state index contributed by atoms with van der Waals surface area (Å²) in [6.07, 6.45) is 0.162. The summed E-state index contributed by atoms with van der Waals surface area (Å²) >= 11 is 0. The minimum atomic E-state index is -0.395. The summed E-state index contributed by atoms with van der Waals surface area (Å²) in [7, 11) is 1.63. The normalized spacial score (nSPS) is 10.3. The van der Waals surface area contributed by atoms with Crippen molar-refractivity contribution in [2.75, 3.05) is 13.7 Å². The average molecular weight is 272 g/mol. The van der Waals surface area contributed by atoms with Gasteiger partial charge in [0.15, 0.2) is 5.78 Å². The molecule has 0 atom stereocenters. The summed E-state index contributed by atoms with van der Waals surface area (Å²) < 4.78 is 10.0. The molecule has 0 aliphatic heterocycles. The van der Waals surface area contributed by atoms with Crippen LogP contribution in [0, 0.1) is 0 Å². The molecule has 2 rings (SSSR count). The third kappa shape index (κ3) is 3.57. The molecule has 0 heterocycles. The van der Waals surface area contributed by atoms with Gasteiger partial charge in [-0.15, -0.1) is 0 Å². The summed E-state index contributed by atoms with van der Waals surface area (Å²) in [5.74, 6) is 0.239. The number of hydrogen-bond acceptors (Lipinski definition) is 4. The fraction of sp³-hybridized carbons (Fsp3) is 0.250. The van der Waals surface area contributed by atoms with Gasteiger partial charge < -0.3 is 9.47 Å². The van der Waals surface area contributed by atoms with Crippen LogP contribution in [0.25, 0.3) is 10.8 Å². The quantitative estimate of drug-likeness (QED) is 0.785. The zero-order chi connectivity index (χ0) is 14.5. The molecule has 0 fully saturated rings. The largest absolute Gasteiger partial charge is 0.497 e. The van der Waals surface area contributed by atoms with Gasteiger partial charge in [0, 0.05) is 0 Å². The third-order valence-electron chi connectivity index (χ3n) is 2.90. The van der Waals surface area contributed by atoms with E-state index in [0.29, 0.717) is 0 Å². The maximum Gasteiger partial charge on any atom is 0.310 e. The highest BCUT2D eigenvalue weighted by atomic mass is 16.5. The highest BCUT2D eigenvalue weighted by Crippen LogP contribution is 2.22. The fourth-order valence-electron chi connectivity index (χ4n) is 1.91. The first-order valence-corrected chi connectivity index (χ1v) is 6.30. The number of esters is 1. The Morgan fingerprint density at radius 3 is 2.45 bits per heavy atom. The molecule has 4 heteroatoms. The highest BCUT2D eigenvalue weighted by molar-refractivity contribution is 5.86. The van der Waals surface area contributed by atoms with Gasteiger partial charge in [-0.2, -0.15) is 0 Å². The van der Waals surface area contributed by atoms with E-state index in [1.54, 1.807) is 7.11 Å². The Bertz CT molecular complexity index is 646. The van der Waals surface area contributed by atoms with Crippen molar-refractivity contribution in [3.63, 3.8) is 0 Å². The molecule has 0 aromatic heterocycles. The Labute approximate surface area is 117 Å². The van der Waals surface area contributed by atoms with Crippen LogP contribution in [0.15, 0.2) is 36.4 Å². The van der Waals surface area contributed by atoms with Gasteiger partial charge >= 0.3 is 5.97 Å². The predicted molar refractivity (Wildman–Crippen MR) is 75.8 cm³/mol. The van der Waals surface area contributed by atoms with E-state index in [9.17, 15) is 9.59 Å². The monoisotopic (exact) mass is 272 g/mol. The van der Waals surface area contributed by atoms with Crippen LogP contribution in [0.4, 0.5) is 0 Å². The minimum absolute atomic E-state index is 0.162. The number of methoxy groups -OCH3 is 1. The van der Waals surface area contributed by atoms with E-state index in [1.807, 2.05) is 36.4 Å². The lowest BCUT2D eigenvalue weighted by molar-refractivity contribution is -0.146. The molecule has 0 unspecified atom stereocenters. The molecule has 0 N–H and O–H groups in total. The van der Waals surface area contributed by atoms with E-state index in [0.717, 1.165) is 22.1 Å². The smallest absolute Gasteiger partial charge is 0.310 e. The third-order valence-corrected chi connectivity index (χ3v) is 2.90. The number of rotatable bonds is 5. The van der Waals surface area contributed by atoms with Crippen LogP contribution in [-0.4, -0.2) is 25.5 Å². The summed E-state index contributed by atoms with van der Waals surface area (Å²) in [6, 6.07) is 11.5. The maximum atomic E-state index is 11.6. The topological polar surface area (TPSA) is 52.6 Å². The summed E-state index contributed by atoms with van der Waals surface area (Å²) in [5, 5.41) is 2.08. The lowest BCUT2D eigenvalue weighted by Gasteiger charge is -2.06. The number of fused-ring (bicyclic) bond motifs is 1. The molecular formula is C16H16O4. The molecule has 0 radical (unpaired) electrons. The molecule has 0 spiro atoms. The van der Waals surface area contributed by atoms with Gasteiger partial charge in [-0.3, -0.25) is 9.59 Å². The first-order chi connectivity index (χ1) is 9.58. The second-order valence-electron chi connectivity index (χ2n) is 4.59. The average Bonchev–Trinajstić information content (AvgIpc) is 2.44. The molecule has 2 aromatic carbocycles. The molecule has 0 saturated carbocycles. The molecular weight excluding hydrogens is 256 g/mol. The van der Waals surface area contributed by atoms with Crippen molar-refractivity contribution in [2.45, 2.75) is 13.3 Å². The number of ether oxygens (including phenoxy) is 2. The second kappa shape index (κ2) is 6.19. The molecule has 2 aromatic rings. The van der Waals surface area contributed by atoms with Crippen molar-refractivity contribution < 1.29 is 19.1 Å². The van der Waals surface area contributed by atoms with Gasteiger partial charge in [-0.1, -0.05) is 24.3 Å². The van der Waals surface area contributed by atoms with Crippen LogP contribution < -0.4 is 4.74 Å². The van der Waals surface area contributed by atoms with E-state index in [4.69, 9.17) is 9.47 Å². The Morgan fingerprint density at radius 1 is 1.05 bits per heavy atom. The molecule has 0 amide bonds. The number of hydrogen-bond donors (Lipinski definition) is 0. The first kappa shape index (κ1) is 14.1. The second-order valence-corrected chi connectivity index (χ2v) is 4.59. The van der Waals surface area contributed by atoms with Gasteiger partial charge in [0.1, 0.15) is 12.4 Å². The zero-order valence-corrected chi connectivity index (χ0v) is 11.5. The van der Waals surface area contributed by atoms with Crippen LogP contribution in [0.5, 0.6) is 5.75 Å². The molecule has 104 valence electrons. The fourth-order valence-corrected chi connectivity index (χ4v) is 1.91. The SMILES string of the molecule is COc1ccc2cc(CC(=O)OCC(C)=O)ccc2c1. The number of carbonyl (C=O) groups excluding carboxylic acids is 2. The summed E-state index contributed by atoms with van der Waals surface area (Å²) in [5.41, 5.74) is 0.858.